The van der Waals surface area contributed by atoms with Gasteiger partial charge in [0.2, 0.25) is 5.91 Å². The van der Waals surface area contributed by atoms with Gasteiger partial charge >= 0.3 is 6.03 Å². The lowest BCUT2D eigenvalue weighted by Crippen LogP contribution is -2.46. The molecule has 0 saturated heterocycles. The molecule has 0 spiro atoms. The van der Waals surface area contributed by atoms with Gasteiger partial charge in [0.25, 0.3) is 0 Å². The molecule has 0 heterocycles. The zero-order valence-corrected chi connectivity index (χ0v) is 17.0. The maximum Gasteiger partial charge on any atom is 0.312 e. The number of amides is 3. The van der Waals surface area contributed by atoms with Gasteiger partial charge < -0.3 is 16.4 Å². The number of carbonyl (C=O) groups excluding carboxylic acids is 2. The average molecular weight is 386 g/mol. The number of hydrogen-bond donors (Lipinski definition) is 3. The van der Waals surface area contributed by atoms with Gasteiger partial charge in [-0.25, -0.2) is 4.79 Å². The normalized spacial score (nSPS) is 11.9. The Morgan fingerprint density at radius 3 is 2.19 bits per heavy atom. The Labute approximate surface area is 165 Å². The van der Waals surface area contributed by atoms with Gasteiger partial charge in [0.1, 0.15) is 6.04 Å². The van der Waals surface area contributed by atoms with Gasteiger partial charge in [-0.1, -0.05) is 31.7 Å². The molecule has 0 aliphatic carbocycles. The fourth-order valence-corrected chi connectivity index (χ4v) is 3.54. The molecule has 27 heavy (non-hydrogen) atoms. The molecule has 5 nitrogen and oxygen atoms in total. The van der Waals surface area contributed by atoms with Crippen LogP contribution in [0.25, 0.3) is 0 Å². The number of hydrogen-bond acceptors (Lipinski definition) is 3. The van der Waals surface area contributed by atoms with Crippen LogP contribution in [0.5, 0.6) is 0 Å². The van der Waals surface area contributed by atoms with Gasteiger partial charge in [-0.15, -0.1) is 0 Å². The summed E-state index contributed by atoms with van der Waals surface area (Å²) in [5.41, 5.74) is 8.41. The minimum absolute atomic E-state index is 0.254. The molecule has 1 atom stereocenters. The summed E-state index contributed by atoms with van der Waals surface area (Å²) in [6.45, 7) is 8.18. The predicted octanol–water partition coefficient (Wildman–Crippen LogP) is 4.48. The number of rotatable bonds is 7. The second-order valence-electron chi connectivity index (χ2n) is 7.05. The lowest BCUT2D eigenvalue weighted by atomic mass is 10.0. The first kappa shape index (κ1) is 20.8. The Hall–Kier alpha value is -2.47. The average Bonchev–Trinajstić information content (AvgIpc) is 2.58. The van der Waals surface area contributed by atoms with Gasteiger partial charge in [0.05, 0.1) is 0 Å². The molecule has 4 N–H and O–H groups in total. The smallest absolute Gasteiger partial charge is 0.312 e. The molecule has 0 saturated carbocycles. The van der Waals surface area contributed by atoms with Crippen LogP contribution in [0, 0.1) is 19.8 Å². The van der Waals surface area contributed by atoms with E-state index in [0.717, 1.165) is 4.90 Å². The van der Waals surface area contributed by atoms with E-state index in [4.69, 9.17) is 5.73 Å². The summed E-state index contributed by atoms with van der Waals surface area (Å²) in [6, 6.07) is 12.7. The second-order valence-corrected chi connectivity index (χ2v) is 8.20. The van der Waals surface area contributed by atoms with E-state index in [1.165, 1.54) is 16.0 Å². The number of anilines is 1. The molecular formula is C21H27N3O2S. The quantitative estimate of drug-likeness (QED) is 0.657. The highest BCUT2D eigenvalue weighted by Crippen LogP contribution is 2.29. The van der Waals surface area contributed by atoms with Crippen LogP contribution in [0.15, 0.2) is 52.3 Å². The molecule has 6 heteroatoms. The number of aryl methyl sites for hydroxylation is 2. The minimum atomic E-state index is -0.698. The Kier molecular flexibility index (Phi) is 7.30. The van der Waals surface area contributed by atoms with Crippen LogP contribution in [0.4, 0.5) is 10.5 Å². The molecule has 0 fully saturated rings. The number of nitrogens with two attached hydrogens (primary N) is 1. The van der Waals surface area contributed by atoms with E-state index < -0.39 is 12.1 Å². The van der Waals surface area contributed by atoms with Crippen LogP contribution in [0.2, 0.25) is 0 Å². The van der Waals surface area contributed by atoms with Crippen molar-refractivity contribution in [3.63, 3.8) is 0 Å². The van der Waals surface area contributed by atoms with Crippen molar-refractivity contribution in [3.05, 3.63) is 53.6 Å². The minimum Gasteiger partial charge on any atom is -0.352 e. The second kappa shape index (κ2) is 9.46. The first-order chi connectivity index (χ1) is 12.7. The third-order valence-electron chi connectivity index (χ3n) is 4.18. The van der Waals surface area contributed by atoms with Crippen molar-refractivity contribution >= 4 is 29.4 Å². The molecule has 0 aliphatic rings. The largest absolute Gasteiger partial charge is 0.352 e. The summed E-state index contributed by atoms with van der Waals surface area (Å²) in [6.07, 6.45) is 0.523. The summed E-state index contributed by atoms with van der Waals surface area (Å²) in [4.78, 5) is 25.8. The zero-order valence-electron chi connectivity index (χ0n) is 16.2. The fourth-order valence-electron chi connectivity index (χ4n) is 2.62. The standard InChI is InChI=1S/C21H27N3O2S/c1-13(2)11-19(24-21(22)26)20(25)23-16-6-9-17(10-7-16)27-18-8-5-14(3)15(4)12-18/h5-10,12-13,19H,11H2,1-4H3,(H,23,25)(H3,22,24,26)/t19-/m0/s1. The van der Waals surface area contributed by atoms with Crippen molar-refractivity contribution in [1.29, 1.82) is 0 Å². The number of benzene rings is 2. The van der Waals surface area contributed by atoms with E-state index in [2.05, 4.69) is 42.7 Å². The van der Waals surface area contributed by atoms with E-state index >= 15 is 0 Å². The number of nitrogens with one attached hydrogen (secondary N) is 2. The van der Waals surface area contributed by atoms with Crippen LogP contribution in [0.1, 0.15) is 31.4 Å². The summed E-state index contributed by atoms with van der Waals surface area (Å²) in [5, 5.41) is 5.35. The number of primary amides is 1. The van der Waals surface area contributed by atoms with E-state index in [1.807, 2.05) is 38.1 Å². The Bertz CT molecular complexity index is 804. The maximum absolute atomic E-state index is 12.4. The molecule has 0 aromatic heterocycles. The molecule has 2 aromatic rings. The van der Waals surface area contributed by atoms with Crippen molar-refractivity contribution in [2.45, 2.75) is 49.9 Å². The van der Waals surface area contributed by atoms with Gasteiger partial charge in [0.15, 0.2) is 0 Å². The molecule has 2 aromatic carbocycles. The van der Waals surface area contributed by atoms with Crippen molar-refractivity contribution in [2.24, 2.45) is 11.7 Å². The van der Waals surface area contributed by atoms with Crippen LogP contribution in [-0.2, 0) is 4.79 Å². The van der Waals surface area contributed by atoms with Gasteiger partial charge in [-0.3, -0.25) is 4.79 Å². The Morgan fingerprint density at radius 2 is 1.63 bits per heavy atom. The molecule has 2 rings (SSSR count). The monoisotopic (exact) mass is 385 g/mol. The third-order valence-corrected chi connectivity index (χ3v) is 5.17. The predicted molar refractivity (Wildman–Crippen MR) is 111 cm³/mol. The van der Waals surface area contributed by atoms with Crippen molar-refractivity contribution in [3.8, 4) is 0 Å². The summed E-state index contributed by atoms with van der Waals surface area (Å²) in [7, 11) is 0. The number of urea groups is 1. The molecule has 0 bridgehead atoms. The zero-order chi connectivity index (χ0) is 20.0. The Balaban J connectivity index is 2.02. The van der Waals surface area contributed by atoms with Crippen molar-refractivity contribution in [2.75, 3.05) is 5.32 Å². The van der Waals surface area contributed by atoms with Crippen LogP contribution < -0.4 is 16.4 Å². The Morgan fingerprint density at radius 1 is 1.00 bits per heavy atom. The van der Waals surface area contributed by atoms with Crippen LogP contribution >= 0.6 is 11.8 Å². The highest BCUT2D eigenvalue weighted by molar-refractivity contribution is 7.99. The third kappa shape index (κ3) is 6.64. The van der Waals surface area contributed by atoms with Gasteiger partial charge in [0, 0.05) is 15.5 Å². The van der Waals surface area contributed by atoms with Crippen LogP contribution in [-0.4, -0.2) is 18.0 Å². The van der Waals surface area contributed by atoms with E-state index in [-0.39, 0.29) is 11.8 Å². The molecular weight excluding hydrogens is 358 g/mol. The van der Waals surface area contributed by atoms with E-state index in [1.54, 1.807) is 11.8 Å². The number of carbonyl (C=O) groups is 2. The topological polar surface area (TPSA) is 84.2 Å². The van der Waals surface area contributed by atoms with Crippen LogP contribution in [0.3, 0.4) is 0 Å². The van der Waals surface area contributed by atoms with E-state index in [0.29, 0.717) is 12.1 Å². The fraction of sp³-hybridized carbons (Fsp3) is 0.333. The van der Waals surface area contributed by atoms with Gasteiger partial charge in [-0.05, 0) is 73.7 Å². The molecule has 3 amide bonds. The lowest BCUT2D eigenvalue weighted by Gasteiger charge is -2.19. The van der Waals surface area contributed by atoms with Crippen molar-refractivity contribution < 1.29 is 9.59 Å². The maximum atomic E-state index is 12.4. The van der Waals surface area contributed by atoms with E-state index in [9.17, 15) is 9.59 Å². The molecule has 0 radical (unpaired) electrons. The summed E-state index contributed by atoms with van der Waals surface area (Å²) >= 11 is 1.67. The first-order valence-corrected chi connectivity index (χ1v) is 9.78. The highest BCUT2D eigenvalue weighted by Gasteiger charge is 2.21. The molecule has 0 aliphatic heterocycles. The molecule has 0 unspecified atom stereocenters. The SMILES string of the molecule is Cc1ccc(Sc2ccc(NC(=O)[C@H](CC(C)C)NC(N)=O)cc2)cc1C. The van der Waals surface area contributed by atoms with Gasteiger partial charge in [-0.2, -0.15) is 0 Å². The summed E-state index contributed by atoms with van der Waals surface area (Å²) in [5.74, 6) is -0.0126. The first-order valence-electron chi connectivity index (χ1n) is 8.96. The molecule has 144 valence electrons. The van der Waals surface area contributed by atoms with Crippen molar-refractivity contribution in [1.82, 2.24) is 5.32 Å². The summed E-state index contributed by atoms with van der Waals surface area (Å²) < 4.78 is 0. The lowest BCUT2D eigenvalue weighted by molar-refractivity contribution is -0.118. The highest BCUT2D eigenvalue weighted by atomic mass is 32.2.